The predicted molar refractivity (Wildman–Crippen MR) is 132 cm³/mol. The van der Waals surface area contributed by atoms with Gasteiger partial charge in [-0.2, -0.15) is 0 Å². The number of amides is 1. The molecule has 13 atom stereocenters. The zero-order valence-electron chi connectivity index (χ0n) is 22.3. The summed E-state index contributed by atoms with van der Waals surface area (Å²) in [6, 6.07) is 5.04. The van der Waals surface area contributed by atoms with Gasteiger partial charge in [0.05, 0.1) is 26.9 Å². The molecule has 0 unspecified atom stereocenters. The number of carbonyl (C=O) groups excluding carboxylic acids is 1. The molecule has 0 aliphatic carbocycles. The van der Waals surface area contributed by atoms with Gasteiger partial charge >= 0.3 is 0 Å². The number of aliphatic hydroxyl groups excluding tert-OH is 7. The highest BCUT2D eigenvalue weighted by Gasteiger charge is 2.52. The molecule has 3 heterocycles. The molecule has 0 spiro atoms. The topological polar surface area (TPSA) is 235 Å². The lowest BCUT2D eigenvalue weighted by Crippen LogP contribution is -2.67. The second-order valence-corrected chi connectivity index (χ2v) is 9.95. The van der Waals surface area contributed by atoms with Gasteiger partial charge in [-0.15, -0.1) is 0 Å². The van der Waals surface area contributed by atoms with Crippen LogP contribution in [-0.2, 0) is 28.5 Å². The van der Waals surface area contributed by atoms with Crippen LogP contribution < -0.4 is 14.8 Å². The van der Waals surface area contributed by atoms with Crippen LogP contribution in [0.25, 0.3) is 0 Å². The molecule has 16 heteroatoms. The van der Waals surface area contributed by atoms with Crippen LogP contribution >= 0.6 is 0 Å². The van der Waals surface area contributed by atoms with Crippen LogP contribution in [0.4, 0.5) is 0 Å². The monoisotopic (exact) mass is 591 g/mol. The highest BCUT2D eigenvalue weighted by atomic mass is 16.8. The summed E-state index contributed by atoms with van der Waals surface area (Å²) >= 11 is 0. The zero-order valence-corrected chi connectivity index (χ0v) is 22.3. The highest BCUT2D eigenvalue weighted by molar-refractivity contribution is 5.73. The van der Waals surface area contributed by atoms with E-state index in [1.54, 1.807) is 24.3 Å². The second-order valence-electron chi connectivity index (χ2n) is 9.95. The minimum Gasteiger partial charge on any atom is -0.497 e. The zero-order chi connectivity index (χ0) is 29.8. The van der Waals surface area contributed by atoms with Crippen molar-refractivity contribution >= 4 is 5.91 Å². The van der Waals surface area contributed by atoms with E-state index >= 15 is 0 Å². The van der Waals surface area contributed by atoms with E-state index in [4.69, 9.17) is 33.2 Å². The molecule has 41 heavy (non-hydrogen) atoms. The van der Waals surface area contributed by atoms with Gasteiger partial charge in [-0.25, -0.2) is 0 Å². The molecule has 0 bridgehead atoms. The summed E-state index contributed by atoms with van der Waals surface area (Å²) in [6.45, 7) is -0.244. The summed E-state index contributed by atoms with van der Waals surface area (Å²) < 4.78 is 39.8. The molecule has 232 valence electrons. The van der Waals surface area contributed by atoms with Crippen molar-refractivity contribution in [1.29, 1.82) is 0 Å². The van der Waals surface area contributed by atoms with Crippen molar-refractivity contribution in [2.45, 2.75) is 86.8 Å². The molecule has 3 aliphatic heterocycles. The fraction of sp³-hybridized carbons (Fsp3) is 0.720. The number of nitrogens with one attached hydrogen (secondary N) is 1. The maximum Gasteiger partial charge on any atom is 0.229 e. The fourth-order valence-electron chi connectivity index (χ4n) is 4.75. The summed E-state index contributed by atoms with van der Waals surface area (Å²) in [5, 5.41) is 74.4. The Kier molecular flexibility index (Phi) is 10.7. The third-order valence-electron chi connectivity index (χ3n) is 7.00. The van der Waals surface area contributed by atoms with Crippen molar-refractivity contribution in [2.24, 2.45) is 0 Å². The molecule has 3 fully saturated rings. The van der Waals surface area contributed by atoms with E-state index < -0.39 is 92.4 Å². The average Bonchev–Trinajstić information content (AvgIpc) is 2.95. The van der Waals surface area contributed by atoms with Crippen molar-refractivity contribution < 1.29 is 73.7 Å². The molecule has 0 saturated carbocycles. The number of rotatable bonds is 9. The Bertz CT molecular complexity index is 984. The number of methoxy groups -OCH3 is 1. The van der Waals surface area contributed by atoms with E-state index in [2.05, 4.69) is 5.32 Å². The minimum atomic E-state index is -1.70. The summed E-state index contributed by atoms with van der Waals surface area (Å²) in [5.41, 5.74) is 0. The smallest absolute Gasteiger partial charge is 0.229 e. The van der Waals surface area contributed by atoms with Crippen LogP contribution in [0.3, 0.4) is 0 Å². The number of ether oxygens (including phenoxy) is 7. The number of hydrogen-bond acceptors (Lipinski definition) is 15. The van der Waals surface area contributed by atoms with Crippen molar-refractivity contribution in [3.8, 4) is 11.5 Å². The van der Waals surface area contributed by atoms with Gasteiger partial charge in [-0.05, 0) is 24.3 Å². The third kappa shape index (κ3) is 7.24. The molecule has 0 aromatic heterocycles. The SMILES string of the molecule is COc1ccc(O[C@@H]2OC[C@H](O)[C@H](O[C@@H]3OC[C@H](O)[C@H](O)[C@H]3O)[C@H]2O[C@@H]2O[C@H](CO)[C@@H](O)[C@H](O)[C@H]2NC(C)=O)cc1. The van der Waals surface area contributed by atoms with Gasteiger partial charge in [0.2, 0.25) is 12.2 Å². The van der Waals surface area contributed by atoms with Crippen molar-refractivity contribution in [3.05, 3.63) is 24.3 Å². The second kappa shape index (κ2) is 13.9. The quantitative estimate of drug-likeness (QED) is 0.136. The first-order valence-electron chi connectivity index (χ1n) is 13.0. The largest absolute Gasteiger partial charge is 0.497 e. The normalized spacial score (nSPS) is 41.4. The summed E-state index contributed by atoms with van der Waals surface area (Å²) in [4.78, 5) is 11.9. The molecular weight excluding hydrogens is 554 g/mol. The predicted octanol–water partition coefficient (Wildman–Crippen LogP) is -4.06. The molecule has 3 aliphatic rings. The molecule has 1 amide bonds. The standard InChI is InChI=1S/C25H37NO15/c1-10(28)26-16-19(33)18(32)15(7-27)39-23(16)41-22-21(40-24-20(34)17(31)13(29)8-36-24)14(30)9-37-25(22)38-12-5-3-11(35-2)4-6-12/h3-6,13-25,27,29-34H,7-9H2,1-2H3,(H,26,28)/t13-,14-,15+,16+,17-,18+,19+,20+,21-,22+,23-,24-,25-/m0/s1. The van der Waals surface area contributed by atoms with Crippen LogP contribution in [0.5, 0.6) is 11.5 Å². The van der Waals surface area contributed by atoms with Crippen molar-refractivity contribution in [1.82, 2.24) is 5.32 Å². The first kappa shape index (κ1) is 31.7. The van der Waals surface area contributed by atoms with E-state index in [-0.39, 0.29) is 13.2 Å². The van der Waals surface area contributed by atoms with E-state index in [1.165, 1.54) is 14.0 Å². The Balaban J connectivity index is 1.64. The van der Waals surface area contributed by atoms with E-state index in [9.17, 15) is 40.5 Å². The van der Waals surface area contributed by atoms with Gasteiger partial charge < -0.3 is 74.2 Å². The lowest BCUT2D eigenvalue weighted by atomic mass is 9.96. The summed E-state index contributed by atoms with van der Waals surface area (Å²) in [5.74, 6) is 0.247. The van der Waals surface area contributed by atoms with Gasteiger partial charge in [0, 0.05) is 6.92 Å². The van der Waals surface area contributed by atoms with Crippen molar-refractivity contribution in [3.63, 3.8) is 0 Å². The lowest BCUT2D eigenvalue weighted by molar-refractivity contribution is -0.360. The maximum absolute atomic E-state index is 11.9. The molecule has 0 radical (unpaired) electrons. The van der Waals surface area contributed by atoms with Crippen LogP contribution in [-0.4, -0.2) is 148 Å². The fourth-order valence-corrected chi connectivity index (χ4v) is 4.75. The van der Waals surface area contributed by atoms with Gasteiger partial charge in [-0.1, -0.05) is 0 Å². The lowest BCUT2D eigenvalue weighted by Gasteiger charge is -2.47. The number of hydrogen-bond donors (Lipinski definition) is 8. The van der Waals surface area contributed by atoms with Gasteiger partial charge in [0.25, 0.3) is 0 Å². The van der Waals surface area contributed by atoms with Crippen LogP contribution in [0.15, 0.2) is 24.3 Å². The molecule has 1 aromatic carbocycles. The van der Waals surface area contributed by atoms with Gasteiger partial charge in [-0.3, -0.25) is 4.79 Å². The Labute approximate surface area is 234 Å². The maximum atomic E-state index is 11.9. The minimum absolute atomic E-state index is 0.290. The first-order valence-corrected chi connectivity index (χ1v) is 13.0. The Morgan fingerprint density at radius 3 is 2.07 bits per heavy atom. The first-order chi connectivity index (χ1) is 19.5. The molecule has 16 nitrogen and oxygen atoms in total. The Morgan fingerprint density at radius 1 is 0.829 bits per heavy atom. The van der Waals surface area contributed by atoms with Gasteiger partial charge in [0.1, 0.15) is 66.4 Å². The molecule has 1 aromatic rings. The van der Waals surface area contributed by atoms with Gasteiger partial charge in [0.15, 0.2) is 18.7 Å². The highest BCUT2D eigenvalue weighted by Crippen LogP contribution is 2.32. The van der Waals surface area contributed by atoms with E-state index in [1.807, 2.05) is 0 Å². The third-order valence-corrected chi connectivity index (χ3v) is 7.00. The van der Waals surface area contributed by atoms with E-state index in [0.29, 0.717) is 11.5 Å². The molecular formula is C25H37NO15. The number of aliphatic hydroxyl groups is 7. The molecule has 4 rings (SSSR count). The number of carbonyl (C=O) groups is 1. The summed E-state index contributed by atoms with van der Waals surface area (Å²) in [7, 11) is 1.49. The van der Waals surface area contributed by atoms with Crippen LogP contribution in [0, 0.1) is 0 Å². The van der Waals surface area contributed by atoms with Crippen LogP contribution in [0.2, 0.25) is 0 Å². The molecule has 3 saturated heterocycles. The van der Waals surface area contributed by atoms with E-state index in [0.717, 1.165) is 0 Å². The molecule has 8 N–H and O–H groups in total. The Morgan fingerprint density at radius 2 is 1.44 bits per heavy atom. The number of benzene rings is 1. The van der Waals surface area contributed by atoms with Crippen LogP contribution in [0.1, 0.15) is 6.92 Å². The average molecular weight is 592 g/mol. The summed E-state index contributed by atoms with van der Waals surface area (Å²) in [6.07, 6.45) is -17.8. The Hall–Kier alpha value is -2.19. The van der Waals surface area contributed by atoms with Crippen molar-refractivity contribution in [2.75, 3.05) is 26.9 Å².